The lowest BCUT2D eigenvalue weighted by molar-refractivity contribution is 0.146. The highest BCUT2D eigenvalue weighted by molar-refractivity contribution is 6.32. The number of ether oxygens (including phenoxy) is 2. The lowest BCUT2D eigenvalue weighted by Crippen LogP contribution is -2.05. The molecule has 0 unspecified atom stereocenters. The summed E-state index contributed by atoms with van der Waals surface area (Å²) in [6.45, 7) is 5.29. The molecule has 0 bridgehead atoms. The molecule has 0 radical (unpaired) electrons. The zero-order valence-electron chi connectivity index (χ0n) is 9.47. The van der Waals surface area contributed by atoms with Gasteiger partial charge in [0.1, 0.15) is 12.4 Å². The van der Waals surface area contributed by atoms with Gasteiger partial charge in [-0.2, -0.15) is 0 Å². The summed E-state index contributed by atoms with van der Waals surface area (Å²) in [5.41, 5.74) is 2.48. The minimum atomic E-state index is 0.529. The van der Waals surface area contributed by atoms with Crippen LogP contribution in [0, 0.1) is 6.92 Å². The first-order valence-corrected chi connectivity index (χ1v) is 5.47. The molecular weight excluding hydrogens is 212 g/mol. The van der Waals surface area contributed by atoms with E-state index in [0.717, 1.165) is 12.2 Å². The Labute approximate surface area is 96.2 Å². The number of methoxy groups -OCH3 is 1. The molecule has 3 heteroatoms. The van der Waals surface area contributed by atoms with Gasteiger partial charge in [-0.05, 0) is 36.6 Å². The van der Waals surface area contributed by atoms with E-state index in [-0.39, 0.29) is 0 Å². The van der Waals surface area contributed by atoms with E-state index in [1.165, 1.54) is 11.1 Å². The average Bonchev–Trinajstić information content (AvgIpc) is 2.23. The number of hydrogen-bond donors (Lipinski definition) is 0. The molecule has 0 saturated carbocycles. The summed E-state index contributed by atoms with van der Waals surface area (Å²) >= 11 is 6.09. The van der Waals surface area contributed by atoms with E-state index >= 15 is 0 Å². The monoisotopic (exact) mass is 228 g/mol. The summed E-state index contributed by atoms with van der Waals surface area (Å²) in [6.07, 6.45) is 0.990. The van der Waals surface area contributed by atoms with E-state index in [2.05, 4.69) is 13.8 Å². The third-order valence-electron chi connectivity index (χ3n) is 2.32. The smallest absolute Gasteiger partial charge is 0.138 e. The Hall–Kier alpha value is -0.730. The van der Waals surface area contributed by atoms with Crippen LogP contribution in [0.1, 0.15) is 18.1 Å². The molecule has 84 valence electrons. The van der Waals surface area contributed by atoms with Gasteiger partial charge in [0.2, 0.25) is 0 Å². The summed E-state index contributed by atoms with van der Waals surface area (Å²) in [7, 11) is 1.65. The van der Waals surface area contributed by atoms with Crippen molar-refractivity contribution in [2.45, 2.75) is 20.3 Å². The summed E-state index contributed by atoms with van der Waals surface area (Å²) in [4.78, 5) is 0. The minimum absolute atomic E-state index is 0.529. The van der Waals surface area contributed by atoms with Crippen LogP contribution in [0.2, 0.25) is 5.02 Å². The first-order valence-electron chi connectivity index (χ1n) is 5.09. The Morgan fingerprint density at radius 1 is 1.27 bits per heavy atom. The van der Waals surface area contributed by atoms with Crippen molar-refractivity contribution >= 4 is 11.6 Å². The highest BCUT2D eigenvalue weighted by atomic mass is 35.5. The molecule has 2 nitrogen and oxygen atoms in total. The quantitative estimate of drug-likeness (QED) is 0.721. The third kappa shape index (κ3) is 3.40. The maximum absolute atomic E-state index is 6.09. The fraction of sp³-hybridized carbons (Fsp3) is 0.500. The van der Waals surface area contributed by atoms with Gasteiger partial charge in [-0.15, -0.1) is 0 Å². The minimum Gasteiger partial charge on any atom is -0.490 e. The molecule has 1 aromatic rings. The van der Waals surface area contributed by atoms with E-state index in [0.29, 0.717) is 18.2 Å². The van der Waals surface area contributed by atoms with Crippen LogP contribution in [0.5, 0.6) is 5.75 Å². The zero-order chi connectivity index (χ0) is 11.3. The standard InChI is InChI=1S/C12H17ClO2/c1-4-10-8-11(13)12(7-9(10)2)15-6-5-14-3/h7-8H,4-6H2,1-3H3. The van der Waals surface area contributed by atoms with E-state index < -0.39 is 0 Å². The van der Waals surface area contributed by atoms with Crippen molar-refractivity contribution in [1.82, 2.24) is 0 Å². The summed E-state index contributed by atoms with van der Waals surface area (Å²) in [6, 6.07) is 3.95. The molecule has 0 atom stereocenters. The van der Waals surface area contributed by atoms with E-state index in [4.69, 9.17) is 21.1 Å². The molecule has 0 aliphatic rings. The Kier molecular flexibility index (Phi) is 4.92. The number of hydrogen-bond acceptors (Lipinski definition) is 2. The maximum Gasteiger partial charge on any atom is 0.138 e. The van der Waals surface area contributed by atoms with Gasteiger partial charge in [-0.3, -0.25) is 0 Å². The van der Waals surface area contributed by atoms with Crippen LogP contribution >= 0.6 is 11.6 Å². The van der Waals surface area contributed by atoms with Crippen LogP contribution < -0.4 is 4.74 Å². The van der Waals surface area contributed by atoms with Crippen LogP contribution in [0.15, 0.2) is 12.1 Å². The van der Waals surface area contributed by atoms with Gasteiger partial charge in [-0.1, -0.05) is 18.5 Å². The van der Waals surface area contributed by atoms with Crippen LogP contribution in [0.25, 0.3) is 0 Å². The van der Waals surface area contributed by atoms with Gasteiger partial charge < -0.3 is 9.47 Å². The number of benzene rings is 1. The fourth-order valence-electron chi connectivity index (χ4n) is 1.42. The van der Waals surface area contributed by atoms with Gasteiger partial charge in [0.15, 0.2) is 0 Å². The van der Waals surface area contributed by atoms with Crippen molar-refractivity contribution in [2.24, 2.45) is 0 Å². The molecule has 15 heavy (non-hydrogen) atoms. The maximum atomic E-state index is 6.09. The van der Waals surface area contributed by atoms with Gasteiger partial charge in [0, 0.05) is 7.11 Å². The van der Waals surface area contributed by atoms with Gasteiger partial charge >= 0.3 is 0 Å². The lowest BCUT2D eigenvalue weighted by Gasteiger charge is -2.11. The van der Waals surface area contributed by atoms with Crippen LogP contribution in [-0.4, -0.2) is 20.3 Å². The van der Waals surface area contributed by atoms with Crippen molar-refractivity contribution in [3.05, 3.63) is 28.3 Å². The molecule has 0 fully saturated rings. The van der Waals surface area contributed by atoms with Crippen molar-refractivity contribution in [2.75, 3.05) is 20.3 Å². The van der Waals surface area contributed by atoms with Crippen LogP contribution in [0.3, 0.4) is 0 Å². The van der Waals surface area contributed by atoms with E-state index in [9.17, 15) is 0 Å². The highest BCUT2D eigenvalue weighted by Crippen LogP contribution is 2.28. The summed E-state index contributed by atoms with van der Waals surface area (Å²) in [5.74, 6) is 0.739. The third-order valence-corrected chi connectivity index (χ3v) is 2.61. The summed E-state index contributed by atoms with van der Waals surface area (Å²) in [5, 5.41) is 0.675. The SMILES string of the molecule is CCc1cc(Cl)c(OCCOC)cc1C. The van der Waals surface area contributed by atoms with Gasteiger partial charge in [0.05, 0.1) is 11.6 Å². The van der Waals surface area contributed by atoms with E-state index in [1.807, 2.05) is 12.1 Å². The van der Waals surface area contributed by atoms with Crippen molar-refractivity contribution < 1.29 is 9.47 Å². The van der Waals surface area contributed by atoms with E-state index in [1.54, 1.807) is 7.11 Å². The molecule has 1 aromatic carbocycles. The molecular formula is C12H17ClO2. The van der Waals surface area contributed by atoms with Crippen molar-refractivity contribution in [1.29, 1.82) is 0 Å². The Morgan fingerprint density at radius 3 is 2.60 bits per heavy atom. The lowest BCUT2D eigenvalue weighted by atomic mass is 10.1. The molecule has 0 N–H and O–H groups in total. The predicted octanol–water partition coefficient (Wildman–Crippen LogP) is 3.24. The topological polar surface area (TPSA) is 18.5 Å². The molecule has 0 saturated heterocycles. The largest absolute Gasteiger partial charge is 0.490 e. The summed E-state index contributed by atoms with van der Waals surface area (Å²) < 4.78 is 10.4. The molecule has 0 aliphatic heterocycles. The predicted molar refractivity (Wildman–Crippen MR) is 62.9 cm³/mol. The molecule has 0 heterocycles. The molecule has 0 aliphatic carbocycles. The molecule has 0 aromatic heterocycles. The highest BCUT2D eigenvalue weighted by Gasteiger charge is 2.05. The second-order valence-electron chi connectivity index (χ2n) is 3.40. The molecule has 0 spiro atoms. The fourth-order valence-corrected chi connectivity index (χ4v) is 1.66. The number of halogens is 1. The van der Waals surface area contributed by atoms with Gasteiger partial charge in [0.25, 0.3) is 0 Å². The zero-order valence-corrected chi connectivity index (χ0v) is 10.2. The van der Waals surface area contributed by atoms with Crippen molar-refractivity contribution in [3.8, 4) is 5.75 Å². The Morgan fingerprint density at radius 2 is 2.00 bits per heavy atom. The van der Waals surface area contributed by atoms with Crippen LogP contribution in [0.4, 0.5) is 0 Å². The van der Waals surface area contributed by atoms with Gasteiger partial charge in [-0.25, -0.2) is 0 Å². The molecule has 0 amide bonds. The first kappa shape index (κ1) is 12.3. The van der Waals surface area contributed by atoms with Crippen LogP contribution in [-0.2, 0) is 11.2 Å². The number of aryl methyl sites for hydroxylation is 2. The Bertz CT molecular complexity index is 324. The van der Waals surface area contributed by atoms with Crippen molar-refractivity contribution in [3.63, 3.8) is 0 Å². The normalized spacial score (nSPS) is 10.4. The molecule has 1 rings (SSSR count). The first-order chi connectivity index (χ1) is 7.19. The Balaban J connectivity index is 2.76. The average molecular weight is 229 g/mol. The number of rotatable bonds is 5. The second-order valence-corrected chi connectivity index (χ2v) is 3.81. The second kappa shape index (κ2) is 5.99.